The Labute approximate surface area is 112 Å². The van der Waals surface area contributed by atoms with Gasteiger partial charge in [0.1, 0.15) is 11.2 Å². The van der Waals surface area contributed by atoms with E-state index >= 15 is 0 Å². The topological polar surface area (TPSA) is 52.0 Å². The molecule has 0 aliphatic rings. The Hall–Kier alpha value is -0.850. The minimum absolute atomic E-state index is 0.152. The molecule has 0 saturated heterocycles. The van der Waals surface area contributed by atoms with Gasteiger partial charge in [0.25, 0.3) is 10.0 Å². The maximum atomic E-state index is 12.2. The molecule has 0 aliphatic heterocycles. The summed E-state index contributed by atoms with van der Waals surface area (Å²) >= 11 is 8.96. The summed E-state index contributed by atoms with van der Waals surface area (Å²) in [7, 11) is -3.62. The predicted octanol–water partition coefficient (Wildman–Crippen LogP) is 2.84. The zero-order valence-electron chi connectivity index (χ0n) is 8.76. The van der Waals surface area contributed by atoms with Crippen LogP contribution in [0.5, 0.6) is 0 Å². The van der Waals surface area contributed by atoms with Crippen molar-refractivity contribution in [3.63, 3.8) is 0 Å². The lowest BCUT2D eigenvalue weighted by molar-refractivity contribution is 0.586. The van der Waals surface area contributed by atoms with Crippen LogP contribution in [0.15, 0.2) is 40.1 Å². The molecular formula is C10H8BrClN2O2S. The van der Waals surface area contributed by atoms with Crippen LogP contribution >= 0.6 is 27.5 Å². The van der Waals surface area contributed by atoms with Gasteiger partial charge in [-0.05, 0) is 41.1 Å². The molecule has 0 spiro atoms. The van der Waals surface area contributed by atoms with E-state index in [0.717, 1.165) is 3.97 Å². The van der Waals surface area contributed by atoms with E-state index in [1.807, 2.05) is 0 Å². The highest BCUT2D eigenvalue weighted by molar-refractivity contribution is 9.10. The molecule has 1 aromatic carbocycles. The highest BCUT2D eigenvalue weighted by atomic mass is 79.9. The van der Waals surface area contributed by atoms with Crippen LogP contribution in [0.2, 0.25) is 5.02 Å². The van der Waals surface area contributed by atoms with E-state index in [-0.39, 0.29) is 4.90 Å². The third kappa shape index (κ3) is 2.38. The largest absolute Gasteiger partial charge is 0.270 e. The van der Waals surface area contributed by atoms with Gasteiger partial charge in [-0.15, -0.1) is 0 Å². The Bertz CT molecular complexity index is 667. The molecular weight excluding hydrogens is 328 g/mol. The van der Waals surface area contributed by atoms with Gasteiger partial charge in [-0.25, -0.2) is 17.4 Å². The van der Waals surface area contributed by atoms with Gasteiger partial charge in [-0.3, -0.25) is 0 Å². The molecule has 90 valence electrons. The number of aromatic nitrogens is 2. The number of aryl methyl sites for hydroxylation is 1. The summed E-state index contributed by atoms with van der Waals surface area (Å²) in [6.07, 6.45) is 2.72. The van der Waals surface area contributed by atoms with Gasteiger partial charge in [0.05, 0.1) is 5.69 Å². The third-order valence-electron chi connectivity index (χ3n) is 2.14. The van der Waals surface area contributed by atoms with Crippen LogP contribution in [0.25, 0.3) is 0 Å². The number of benzene rings is 1. The van der Waals surface area contributed by atoms with E-state index in [0.29, 0.717) is 15.2 Å². The summed E-state index contributed by atoms with van der Waals surface area (Å²) in [5.41, 5.74) is 0.638. The standard InChI is InChI=1S/C10H8BrClN2O2S/c1-7-5-14(6-13-7)17(15,16)10-3-2-8(12)4-9(10)11/h2-6H,1H3. The molecule has 0 unspecified atom stereocenters. The Balaban J connectivity index is 2.60. The minimum Gasteiger partial charge on any atom is -0.241 e. The number of rotatable bonds is 2. The predicted molar refractivity (Wildman–Crippen MR) is 68.7 cm³/mol. The normalized spacial score (nSPS) is 11.7. The van der Waals surface area contributed by atoms with Gasteiger partial charge in [-0.2, -0.15) is 0 Å². The van der Waals surface area contributed by atoms with Crippen molar-refractivity contribution in [3.8, 4) is 0 Å². The van der Waals surface area contributed by atoms with E-state index < -0.39 is 10.0 Å². The number of hydrogen-bond donors (Lipinski definition) is 0. The molecule has 7 heteroatoms. The first-order chi connectivity index (χ1) is 7.91. The summed E-state index contributed by atoms with van der Waals surface area (Å²) in [4.78, 5) is 4.05. The van der Waals surface area contributed by atoms with Crippen molar-refractivity contribution >= 4 is 37.6 Å². The summed E-state index contributed by atoms with van der Waals surface area (Å²) in [5.74, 6) is 0. The second-order valence-electron chi connectivity index (χ2n) is 3.42. The molecule has 0 N–H and O–H groups in total. The van der Waals surface area contributed by atoms with Crippen LogP contribution < -0.4 is 0 Å². The molecule has 1 heterocycles. The Kier molecular flexibility index (Phi) is 3.29. The molecule has 0 saturated carbocycles. The lowest BCUT2D eigenvalue weighted by atomic mass is 10.4. The molecule has 0 bridgehead atoms. The SMILES string of the molecule is Cc1cn(S(=O)(=O)c2ccc(Cl)cc2Br)cn1. The van der Waals surface area contributed by atoms with Gasteiger partial charge in [0, 0.05) is 15.7 Å². The minimum atomic E-state index is -3.62. The zero-order chi connectivity index (χ0) is 12.6. The molecule has 0 atom stereocenters. The fourth-order valence-corrected chi connectivity index (χ4v) is 3.86. The van der Waals surface area contributed by atoms with Crippen molar-refractivity contribution in [1.29, 1.82) is 0 Å². The smallest absolute Gasteiger partial charge is 0.241 e. The van der Waals surface area contributed by atoms with Crippen molar-refractivity contribution in [2.45, 2.75) is 11.8 Å². The van der Waals surface area contributed by atoms with Gasteiger partial charge in [-0.1, -0.05) is 11.6 Å². The van der Waals surface area contributed by atoms with E-state index in [9.17, 15) is 8.42 Å². The second kappa shape index (κ2) is 4.44. The summed E-state index contributed by atoms with van der Waals surface area (Å²) in [5, 5.41) is 0.470. The van der Waals surface area contributed by atoms with Crippen molar-refractivity contribution in [2.75, 3.05) is 0 Å². The van der Waals surface area contributed by atoms with Crippen LogP contribution in [-0.4, -0.2) is 17.4 Å². The van der Waals surface area contributed by atoms with Crippen LogP contribution in [0.3, 0.4) is 0 Å². The Morgan fingerprint density at radius 1 is 1.41 bits per heavy atom. The lowest BCUT2D eigenvalue weighted by Crippen LogP contribution is -2.11. The molecule has 0 aliphatic carbocycles. The van der Waals surface area contributed by atoms with Crippen LogP contribution in [0.4, 0.5) is 0 Å². The summed E-state index contributed by atoms with van der Waals surface area (Å²) in [6, 6.07) is 4.53. The number of halogens is 2. The number of hydrogen-bond acceptors (Lipinski definition) is 3. The van der Waals surface area contributed by atoms with Gasteiger partial charge < -0.3 is 0 Å². The van der Waals surface area contributed by atoms with Gasteiger partial charge >= 0.3 is 0 Å². The van der Waals surface area contributed by atoms with Crippen molar-refractivity contribution in [3.05, 3.63) is 45.9 Å². The maximum Gasteiger partial charge on any atom is 0.270 e. The van der Waals surface area contributed by atoms with E-state index in [1.54, 1.807) is 6.92 Å². The fraction of sp³-hybridized carbons (Fsp3) is 0.100. The van der Waals surface area contributed by atoms with Crippen LogP contribution in [0, 0.1) is 6.92 Å². The molecule has 4 nitrogen and oxygen atoms in total. The third-order valence-corrected chi connectivity index (χ3v) is 4.96. The van der Waals surface area contributed by atoms with Crippen molar-refractivity contribution < 1.29 is 8.42 Å². The number of imidazole rings is 1. The average molecular weight is 336 g/mol. The second-order valence-corrected chi connectivity index (χ2v) is 6.53. The van der Waals surface area contributed by atoms with Crippen LogP contribution in [-0.2, 0) is 10.0 Å². The van der Waals surface area contributed by atoms with E-state index in [1.165, 1.54) is 30.7 Å². The van der Waals surface area contributed by atoms with E-state index in [2.05, 4.69) is 20.9 Å². The summed E-state index contributed by atoms with van der Waals surface area (Å²) < 4.78 is 26.0. The quantitative estimate of drug-likeness (QED) is 0.848. The zero-order valence-corrected chi connectivity index (χ0v) is 11.9. The molecule has 17 heavy (non-hydrogen) atoms. The first-order valence-corrected chi connectivity index (χ1v) is 7.23. The molecule has 0 amide bonds. The first-order valence-electron chi connectivity index (χ1n) is 4.62. The first kappa shape index (κ1) is 12.6. The lowest BCUT2D eigenvalue weighted by Gasteiger charge is -2.07. The van der Waals surface area contributed by atoms with E-state index in [4.69, 9.17) is 11.6 Å². The summed E-state index contributed by atoms with van der Waals surface area (Å²) in [6.45, 7) is 1.73. The van der Waals surface area contributed by atoms with Crippen molar-refractivity contribution in [2.24, 2.45) is 0 Å². The average Bonchev–Trinajstić information content (AvgIpc) is 2.64. The Morgan fingerprint density at radius 2 is 2.12 bits per heavy atom. The monoisotopic (exact) mass is 334 g/mol. The molecule has 0 radical (unpaired) electrons. The highest BCUT2D eigenvalue weighted by Gasteiger charge is 2.20. The van der Waals surface area contributed by atoms with Crippen LogP contribution in [0.1, 0.15) is 5.69 Å². The molecule has 0 fully saturated rings. The fourth-order valence-electron chi connectivity index (χ4n) is 1.33. The number of nitrogens with zero attached hydrogens (tertiary/aromatic N) is 2. The molecule has 2 aromatic rings. The maximum absolute atomic E-state index is 12.2. The van der Waals surface area contributed by atoms with Gasteiger partial charge in [0.15, 0.2) is 0 Å². The molecule has 1 aromatic heterocycles. The molecule has 2 rings (SSSR count). The van der Waals surface area contributed by atoms with Crippen molar-refractivity contribution in [1.82, 2.24) is 8.96 Å². The highest BCUT2D eigenvalue weighted by Crippen LogP contribution is 2.27. The Morgan fingerprint density at radius 3 is 2.65 bits per heavy atom. The van der Waals surface area contributed by atoms with Gasteiger partial charge in [0.2, 0.25) is 0 Å².